The van der Waals surface area contributed by atoms with Crippen LogP contribution in [0.15, 0.2) is 24.3 Å². The number of benzene rings is 1. The fraction of sp³-hybridized carbons (Fsp3) is 0.556. The number of likely N-dealkylation sites (tertiary alicyclic amines) is 1. The second kappa shape index (κ2) is 8.78. The van der Waals surface area contributed by atoms with Crippen LogP contribution in [0.4, 0.5) is 4.39 Å². The average molecular weight is 335 g/mol. The Balaban J connectivity index is 1.64. The molecule has 0 bridgehead atoms. The first kappa shape index (κ1) is 18.4. The maximum absolute atomic E-state index is 12.8. The van der Waals surface area contributed by atoms with Crippen molar-refractivity contribution in [3.63, 3.8) is 0 Å². The molecular weight excluding hydrogens is 309 g/mol. The van der Waals surface area contributed by atoms with E-state index >= 15 is 0 Å². The lowest BCUT2D eigenvalue weighted by atomic mass is 9.95. The van der Waals surface area contributed by atoms with E-state index in [4.69, 9.17) is 0 Å². The van der Waals surface area contributed by atoms with Crippen LogP contribution in [0, 0.1) is 11.7 Å². The van der Waals surface area contributed by atoms with E-state index in [1.165, 1.54) is 12.1 Å². The van der Waals surface area contributed by atoms with Gasteiger partial charge in [-0.25, -0.2) is 4.39 Å². The first-order chi connectivity index (χ1) is 11.5. The van der Waals surface area contributed by atoms with E-state index in [-0.39, 0.29) is 23.5 Å². The Kier molecular flexibility index (Phi) is 6.73. The minimum absolute atomic E-state index is 0.00509. The SMILES string of the molecule is CN(C)C(=O)C1CCN(CC(=O)NCCc2ccc(F)cc2)CC1. The van der Waals surface area contributed by atoms with Crippen molar-refractivity contribution in [3.05, 3.63) is 35.6 Å². The minimum Gasteiger partial charge on any atom is -0.355 e. The zero-order valence-corrected chi connectivity index (χ0v) is 14.4. The zero-order chi connectivity index (χ0) is 17.5. The molecule has 132 valence electrons. The Morgan fingerprint density at radius 3 is 2.42 bits per heavy atom. The van der Waals surface area contributed by atoms with E-state index < -0.39 is 0 Å². The van der Waals surface area contributed by atoms with Gasteiger partial charge in [0.1, 0.15) is 5.82 Å². The van der Waals surface area contributed by atoms with Crippen LogP contribution in [-0.4, -0.2) is 61.9 Å². The number of piperidine rings is 1. The molecule has 0 saturated carbocycles. The number of amides is 2. The van der Waals surface area contributed by atoms with E-state index in [9.17, 15) is 14.0 Å². The summed E-state index contributed by atoms with van der Waals surface area (Å²) in [6.07, 6.45) is 2.30. The topological polar surface area (TPSA) is 52.7 Å². The normalized spacial score (nSPS) is 16.0. The predicted octanol–water partition coefficient (Wildman–Crippen LogP) is 1.28. The molecule has 0 aliphatic carbocycles. The molecule has 1 aromatic carbocycles. The van der Waals surface area contributed by atoms with Crippen molar-refractivity contribution in [1.29, 1.82) is 0 Å². The molecule has 0 spiro atoms. The Bertz CT molecular complexity index is 552. The summed E-state index contributed by atoms with van der Waals surface area (Å²) in [5, 5.41) is 2.90. The standard InChI is InChI=1S/C18H26FN3O2/c1-21(2)18(24)15-8-11-22(12-9-15)13-17(23)20-10-7-14-3-5-16(19)6-4-14/h3-6,15H,7-13H2,1-2H3,(H,20,23). The molecule has 0 radical (unpaired) electrons. The van der Waals surface area contributed by atoms with Crippen molar-refractivity contribution >= 4 is 11.8 Å². The third kappa shape index (κ3) is 5.60. The lowest BCUT2D eigenvalue weighted by Gasteiger charge is -2.31. The summed E-state index contributed by atoms with van der Waals surface area (Å²) in [6.45, 7) is 2.46. The van der Waals surface area contributed by atoms with E-state index in [0.717, 1.165) is 31.5 Å². The van der Waals surface area contributed by atoms with E-state index in [2.05, 4.69) is 10.2 Å². The van der Waals surface area contributed by atoms with Crippen molar-refractivity contribution in [2.45, 2.75) is 19.3 Å². The van der Waals surface area contributed by atoms with Gasteiger partial charge in [0.2, 0.25) is 11.8 Å². The van der Waals surface area contributed by atoms with Gasteiger partial charge in [-0.3, -0.25) is 14.5 Å². The number of carbonyl (C=O) groups excluding carboxylic acids is 2. The van der Waals surface area contributed by atoms with Crippen LogP contribution < -0.4 is 5.32 Å². The van der Waals surface area contributed by atoms with Gasteiger partial charge in [0.15, 0.2) is 0 Å². The highest BCUT2D eigenvalue weighted by Gasteiger charge is 2.26. The minimum atomic E-state index is -0.251. The largest absolute Gasteiger partial charge is 0.355 e. The fourth-order valence-corrected chi connectivity index (χ4v) is 2.96. The molecular formula is C18H26FN3O2. The fourth-order valence-electron chi connectivity index (χ4n) is 2.96. The summed E-state index contributed by atoms with van der Waals surface area (Å²) < 4.78 is 12.8. The molecule has 1 saturated heterocycles. The molecule has 0 aromatic heterocycles. The molecule has 1 N–H and O–H groups in total. The lowest BCUT2D eigenvalue weighted by molar-refractivity contribution is -0.134. The van der Waals surface area contributed by atoms with Gasteiger partial charge in [-0.05, 0) is 50.0 Å². The first-order valence-electron chi connectivity index (χ1n) is 8.40. The van der Waals surface area contributed by atoms with Crippen LogP contribution in [-0.2, 0) is 16.0 Å². The summed E-state index contributed by atoms with van der Waals surface area (Å²) in [7, 11) is 3.56. The van der Waals surface area contributed by atoms with Crippen LogP contribution in [0.3, 0.4) is 0 Å². The molecule has 5 nitrogen and oxygen atoms in total. The molecule has 6 heteroatoms. The van der Waals surface area contributed by atoms with Gasteiger partial charge in [-0.2, -0.15) is 0 Å². The predicted molar refractivity (Wildman–Crippen MR) is 91.0 cm³/mol. The van der Waals surface area contributed by atoms with Crippen molar-refractivity contribution in [2.24, 2.45) is 5.92 Å². The Hall–Kier alpha value is -1.95. The zero-order valence-electron chi connectivity index (χ0n) is 14.4. The van der Waals surface area contributed by atoms with Crippen LogP contribution in [0.5, 0.6) is 0 Å². The molecule has 0 atom stereocenters. The van der Waals surface area contributed by atoms with Gasteiger partial charge in [0.25, 0.3) is 0 Å². The Labute approximate surface area is 142 Å². The summed E-state index contributed by atoms with van der Waals surface area (Å²) in [5.74, 6) is 0.00428. The molecule has 2 rings (SSSR count). The van der Waals surface area contributed by atoms with Crippen LogP contribution >= 0.6 is 0 Å². The summed E-state index contributed by atoms with van der Waals surface area (Å²) >= 11 is 0. The molecule has 1 heterocycles. The van der Waals surface area contributed by atoms with Crippen LogP contribution in [0.1, 0.15) is 18.4 Å². The number of halogens is 1. The van der Waals surface area contributed by atoms with Crippen molar-refractivity contribution in [2.75, 3.05) is 40.3 Å². The van der Waals surface area contributed by atoms with Gasteiger partial charge < -0.3 is 10.2 Å². The monoisotopic (exact) mass is 335 g/mol. The summed E-state index contributed by atoms with van der Waals surface area (Å²) in [6, 6.07) is 6.31. The molecule has 1 aliphatic heterocycles. The van der Waals surface area contributed by atoms with E-state index in [1.54, 1.807) is 31.1 Å². The number of hydrogen-bond donors (Lipinski definition) is 1. The van der Waals surface area contributed by atoms with E-state index in [0.29, 0.717) is 19.5 Å². The average Bonchev–Trinajstić information content (AvgIpc) is 2.56. The number of nitrogens with one attached hydrogen (secondary N) is 1. The Morgan fingerprint density at radius 2 is 1.83 bits per heavy atom. The molecule has 1 aliphatic rings. The maximum atomic E-state index is 12.8. The Morgan fingerprint density at radius 1 is 1.21 bits per heavy atom. The van der Waals surface area contributed by atoms with Crippen LogP contribution in [0.2, 0.25) is 0 Å². The quantitative estimate of drug-likeness (QED) is 0.852. The lowest BCUT2D eigenvalue weighted by Crippen LogP contribution is -2.44. The van der Waals surface area contributed by atoms with Gasteiger partial charge in [0.05, 0.1) is 6.54 Å². The summed E-state index contributed by atoms with van der Waals surface area (Å²) in [4.78, 5) is 27.7. The summed E-state index contributed by atoms with van der Waals surface area (Å²) in [5.41, 5.74) is 1.000. The maximum Gasteiger partial charge on any atom is 0.234 e. The van der Waals surface area contributed by atoms with Crippen molar-refractivity contribution < 1.29 is 14.0 Å². The molecule has 24 heavy (non-hydrogen) atoms. The third-order valence-corrected chi connectivity index (χ3v) is 4.39. The number of rotatable bonds is 6. The molecule has 2 amide bonds. The number of hydrogen-bond acceptors (Lipinski definition) is 3. The first-order valence-corrected chi connectivity index (χ1v) is 8.40. The third-order valence-electron chi connectivity index (χ3n) is 4.39. The molecule has 1 fully saturated rings. The van der Waals surface area contributed by atoms with Gasteiger partial charge in [-0.1, -0.05) is 12.1 Å². The van der Waals surface area contributed by atoms with Gasteiger partial charge in [0, 0.05) is 26.6 Å². The van der Waals surface area contributed by atoms with Gasteiger partial charge >= 0.3 is 0 Å². The number of carbonyl (C=O) groups is 2. The molecule has 1 aromatic rings. The van der Waals surface area contributed by atoms with Crippen molar-refractivity contribution in [1.82, 2.24) is 15.1 Å². The van der Waals surface area contributed by atoms with E-state index in [1.807, 2.05) is 0 Å². The number of nitrogens with zero attached hydrogens (tertiary/aromatic N) is 2. The highest BCUT2D eigenvalue weighted by atomic mass is 19.1. The smallest absolute Gasteiger partial charge is 0.234 e. The van der Waals surface area contributed by atoms with Crippen molar-refractivity contribution in [3.8, 4) is 0 Å². The highest BCUT2D eigenvalue weighted by molar-refractivity contribution is 5.79. The van der Waals surface area contributed by atoms with Gasteiger partial charge in [-0.15, -0.1) is 0 Å². The second-order valence-corrected chi connectivity index (χ2v) is 6.51. The second-order valence-electron chi connectivity index (χ2n) is 6.51. The van der Waals surface area contributed by atoms with Crippen LogP contribution in [0.25, 0.3) is 0 Å². The highest BCUT2D eigenvalue weighted by Crippen LogP contribution is 2.18. The molecule has 0 unspecified atom stereocenters.